The summed E-state index contributed by atoms with van der Waals surface area (Å²) in [6.07, 6.45) is 0. The van der Waals surface area contributed by atoms with Gasteiger partial charge < -0.3 is 14.2 Å². The van der Waals surface area contributed by atoms with Gasteiger partial charge in [0.15, 0.2) is 0 Å². The van der Waals surface area contributed by atoms with Gasteiger partial charge in [-0.3, -0.25) is 4.31 Å². The summed E-state index contributed by atoms with van der Waals surface area (Å²) in [6.45, 7) is -0.0308. The van der Waals surface area contributed by atoms with Crippen LogP contribution < -0.4 is 18.5 Å². The number of hydrogen-bond donors (Lipinski definition) is 0. The second kappa shape index (κ2) is 9.04. The van der Waals surface area contributed by atoms with Crippen molar-refractivity contribution in [1.82, 2.24) is 0 Å². The molecule has 0 aliphatic heterocycles. The summed E-state index contributed by atoms with van der Waals surface area (Å²) in [7, 11) is 0.255. The maximum Gasteiger partial charge on any atom is 0.267 e. The number of hydrogen-bond acceptors (Lipinski definition) is 5. The molecule has 0 atom stereocenters. The van der Waals surface area contributed by atoms with E-state index in [0.717, 1.165) is 10.4 Å². The summed E-state index contributed by atoms with van der Waals surface area (Å²) in [4.78, 5) is -0.416. The van der Waals surface area contributed by atoms with Crippen LogP contribution in [-0.4, -0.2) is 29.7 Å². The Bertz CT molecular complexity index is 1090. The summed E-state index contributed by atoms with van der Waals surface area (Å²) >= 11 is 0. The fraction of sp³-hybridized carbons (Fsp3) is 0.182. The average molecular weight is 431 g/mol. The monoisotopic (exact) mass is 431 g/mol. The van der Waals surface area contributed by atoms with Gasteiger partial charge in [-0.05, 0) is 29.8 Å². The normalized spacial score (nSPS) is 11.1. The number of methoxy groups -OCH3 is 3. The Kier molecular flexibility index (Phi) is 6.47. The average Bonchev–Trinajstić information content (AvgIpc) is 2.77. The molecule has 0 unspecified atom stereocenters. The third kappa shape index (κ3) is 4.49. The largest absolute Gasteiger partial charge is 0.497 e. The number of benzene rings is 3. The number of ether oxygens (including phenoxy) is 3. The lowest BCUT2D eigenvalue weighted by Gasteiger charge is -2.26. The molecule has 3 aromatic rings. The SMILES string of the molecule is COc1ccc(CN(c2cc(OC)cc(OC)c2)S(=O)(=O)c2ccccc2F)cc1. The van der Waals surface area contributed by atoms with E-state index in [-0.39, 0.29) is 12.2 Å². The Morgan fingerprint density at radius 3 is 1.90 bits per heavy atom. The van der Waals surface area contributed by atoms with Crippen LogP contribution in [0.3, 0.4) is 0 Å². The smallest absolute Gasteiger partial charge is 0.267 e. The van der Waals surface area contributed by atoms with E-state index in [0.29, 0.717) is 22.8 Å². The van der Waals surface area contributed by atoms with E-state index < -0.39 is 20.7 Å². The van der Waals surface area contributed by atoms with Gasteiger partial charge in [-0.1, -0.05) is 24.3 Å². The van der Waals surface area contributed by atoms with Crippen molar-refractivity contribution >= 4 is 15.7 Å². The van der Waals surface area contributed by atoms with Crippen molar-refractivity contribution in [2.75, 3.05) is 25.6 Å². The van der Waals surface area contributed by atoms with Crippen molar-refractivity contribution in [3.8, 4) is 17.2 Å². The van der Waals surface area contributed by atoms with Crippen molar-refractivity contribution in [2.24, 2.45) is 0 Å². The second-order valence-corrected chi connectivity index (χ2v) is 8.19. The summed E-state index contributed by atoms with van der Waals surface area (Å²) in [5.74, 6) is 0.637. The molecular weight excluding hydrogens is 409 g/mol. The number of anilines is 1. The molecule has 0 aliphatic rings. The predicted octanol–water partition coefficient (Wildman–Crippen LogP) is 4.25. The van der Waals surface area contributed by atoms with Crippen LogP contribution >= 0.6 is 0 Å². The number of nitrogens with zero attached hydrogens (tertiary/aromatic N) is 1. The van der Waals surface area contributed by atoms with E-state index in [1.54, 1.807) is 49.6 Å². The van der Waals surface area contributed by atoms with E-state index in [2.05, 4.69) is 0 Å². The minimum Gasteiger partial charge on any atom is -0.497 e. The van der Waals surface area contributed by atoms with Crippen molar-refractivity contribution in [3.63, 3.8) is 0 Å². The van der Waals surface area contributed by atoms with Gasteiger partial charge >= 0.3 is 0 Å². The summed E-state index contributed by atoms with van der Waals surface area (Å²) in [5, 5.41) is 0. The molecule has 3 rings (SSSR count). The van der Waals surface area contributed by atoms with E-state index in [9.17, 15) is 12.8 Å². The fourth-order valence-electron chi connectivity index (χ4n) is 2.92. The Hall–Kier alpha value is -3.26. The number of rotatable bonds is 8. The molecule has 6 nitrogen and oxygen atoms in total. The topological polar surface area (TPSA) is 65.1 Å². The van der Waals surface area contributed by atoms with Crippen molar-refractivity contribution in [2.45, 2.75) is 11.4 Å². The highest BCUT2D eigenvalue weighted by Crippen LogP contribution is 2.33. The summed E-state index contributed by atoms with van der Waals surface area (Å²) in [6, 6.07) is 17.0. The Balaban J connectivity index is 2.14. The molecule has 0 heterocycles. The van der Waals surface area contributed by atoms with Crippen LogP contribution in [0.1, 0.15) is 5.56 Å². The summed E-state index contributed by atoms with van der Waals surface area (Å²) in [5.41, 5.74) is 0.975. The molecule has 0 aromatic heterocycles. The van der Waals surface area contributed by atoms with Gasteiger partial charge in [-0.15, -0.1) is 0 Å². The highest BCUT2D eigenvalue weighted by atomic mass is 32.2. The molecule has 158 valence electrons. The molecule has 0 aliphatic carbocycles. The standard InChI is InChI=1S/C22H22FNO5S/c1-27-18-10-8-16(9-11-18)15-24(17-12-19(28-2)14-20(13-17)29-3)30(25,26)22-7-5-4-6-21(22)23/h4-14H,15H2,1-3H3. The molecular formula is C22H22FNO5S. The van der Waals surface area contributed by atoms with Crippen LogP contribution in [0.4, 0.5) is 10.1 Å². The first kappa shape index (κ1) is 21.4. The lowest BCUT2D eigenvalue weighted by molar-refractivity contribution is 0.394. The molecule has 0 bridgehead atoms. The number of sulfonamides is 1. The molecule has 8 heteroatoms. The second-order valence-electron chi connectivity index (χ2n) is 6.36. The third-order valence-electron chi connectivity index (χ3n) is 4.51. The maximum absolute atomic E-state index is 14.4. The lowest BCUT2D eigenvalue weighted by Crippen LogP contribution is -2.31. The van der Waals surface area contributed by atoms with Crippen LogP contribution in [0.25, 0.3) is 0 Å². The highest BCUT2D eigenvalue weighted by Gasteiger charge is 2.29. The molecule has 0 saturated heterocycles. The minimum atomic E-state index is -4.23. The molecule has 0 fully saturated rings. The van der Waals surface area contributed by atoms with Crippen LogP contribution in [0.5, 0.6) is 17.2 Å². The molecule has 30 heavy (non-hydrogen) atoms. The first-order valence-electron chi connectivity index (χ1n) is 9.02. The molecule has 3 aromatic carbocycles. The van der Waals surface area contributed by atoms with Crippen molar-refractivity contribution < 1.29 is 27.0 Å². The van der Waals surface area contributed by atoms with E-state index in [1.807, 2.05) is 0 Å². The van der Waals surface area contributed by atoms with Crippen LogP contribution in [0.2, 0.25) is 0 Å². The van der Waals surface area contributed by atoms with Gasteiger partial charge in [0, 0.05) is 18.2 Å². The molecule has 0 amide bonds. The Morgan fingerprint density at radius 1 is 0.800 bits per heavy atom. The Labute approximate surface area is 175 Å². The van der Waals surface area contributed by atoms with E-state index >= 15 is 0 Å². The van der Waals surface area contributed by atoms with Gasteiger partial charge in [0.1, 0.15) is 28.0 Å². The first-order valence-corrected chi connectivity index (χ1v) is 10.5. The lowest BCUT2D eigenvalue weighted by atomic mass is 10.2. The molecule has 0 N–H and O–H groups in total. The summed E-state index contributed by atoms with van der Waals surface area (Å²) < 4.78 is 58.2. The fourth-order valence-corrected chi connectivity index (χ4v) is 4.43. The quantitative estimate of drug-likeness (QED) is 0.534. The van der Waals surface area contributed by atoms with Gasteiger partial charge in [0.2, 0.25) is 0 Å². The van der Waals surface area contributed by atoms with Gasteiger partial charge in [-0.25, -0.2) is 12.8 Å². The van der Waals surface area contributed by atoms with Gasteiger partial charge in [0.25, 0.3) is 10.0 Å². The van der Waals surface area contributed by atoms with Crippen molar-refractivity contribution in [3.05, 3.63) is 78.1 Å². The third-order valence-corrected chi connectivity index (χ3v) is 6.32. The van der Waals surface area contributed by atoms with Gasteiger partial charge in [-0.2, -0.15) is 0 Å². The molecule has 0 radical (unpaired) electrons. The zero-order valence-corrected chi connectivity index (χ0v) is 17.6. The predicted molar refractivity (Wildman–Crippen MR) is 112 cm³/mol. The Morgan fingerprint density at radius 2 is 1.37 bits per heavy atom. The van der Waals surface area contributed by atoms with Gasteiger partial charge in [0.05, 0.1) is 33.6 Å². The highest BCUT2D eigenvalue weighted by molar-refractivity contribution is 7.92. The zero-order valence-electron chi connectivity index (χ0n) is 16.8. The van der Waals surface area contributed by atoms with Crippen LogP contribution in [0.15, 0.2) is 71.6 Å². The number of halogens is 1. The zero-order chi connectivity index (χ0) is 21.7. The minimum absolute atomic E-state index is 0.0308. The van der Waals surface area contributed by atoms with E-state index in [1.165, 1.54) is 32.4 Å². The van der Waals surface area contributed by atoms with Crippen molar-refractivity contribution in [1.29, 1.82) is 0 Å². The van der Waals surface area contributed by atoms with Crippen LogP contribution in [-0.2, 0) is 16.6 Å². The van der Waals surface area contributed by atoms with Crippen LogP contribution in [0, 0.1) is 5.82 Å². The molecule has 0 saturated carbocycles. The molecule has 0 spiro atoms. The maximum atomic E-state index is 14.4. The van der Waals surface area contributed by atoms with E-state index in [4.69, 9.17) is 14.2 Å². The first-order chi connectivity index (χ1) is 14.4.